The van der Waals surface area contributed by atoms with E-state index in [1.54, 1.807) is 36.0 Å². The predicted octanol–water partition coefficient (Wildman–Crippen LogP) is 1.22. The summed E-state index contributed by atoms with van der Waals surface area (Å²) in [6.07, 6.45) is 3.20. The number of aromatic nitrogens is 2. The molecule has 0 amide bonds. The maximum absolute atomic E-state index is 11.9. The molecule has 0 unspecified atom stereocenters. The summed E-state index contributed by atoms with van der Waals surface area (Å²) >= 11 is 0. The topological polar surface area (TPSA) is 64.0 Å². The van der Waals surface area contributed by atoms with Crippen molar-refractivity contribution >= 4 is 16.0 Å². The fraction of sp³-hybridized carbons (Fsp3) is 0.100. The number of benzene rings is 1. The van der Waals surface area contributed by atoms with Gasteiger partial charge in [-0.3, -0.25) is 0 Å². The summed E-state index contributed by atoms with van der Waals surface area (Å²) in [4.78, 5) is 4.12. The molecule has 2 aromatic rings. The van der Waals surface area contributed by atoms with Crippen LogP contribution in [0.3, 0.4) is 0 Å². The predicted molar refractivity (Wildman–Crippen MR) is 60.5 cm³/mol. The molecule has 0 saturated carbocycles. The molecule has 0 atom stereocenters. The van der Waals surface area contributed by atoms with Gasteiger partial charge in [0.2, 0.25) is 5.95 Å². The Morgan fingerprint density at radius 2 is 1.94 bits per heavy atom. The van der Waals surface area contributed by atoms with Gasteiger partial charge in [-0.2, -0.15) is 0 Å². The van der Waals surface area contributed by atoms with Gasteiger partial charge < -0.3 is 4.57 Å². The molecule has 0 aliphatic carbocycles. The summed E-state index contributed by atoms with van der Waals surface area (Å²) in [5, 5.41) is 0. The Labute approximate surface area is 93.8 Å². The van der Waals surface area contributed by atoms with Gasteiger partial charge in [-0.15, -0.1) is 0 Å². The Morgan fingerprint density at radius 1 is 1.25 bits per heavy atom. The molecule has 0 bridgehead atoms. The van der Waals surface area contributed by atoms with Gasteiger partial charge in [-0.1, -0.05) is 18.2 Å². The first-order chi connectivity index (χ1) is 7.59. The fourth-order valence-electron chi connectivity index (χ4n) is 1.24. The van der Waals surface area contributed by atoms with Gasteiger partial charge in [0.05, 0.1) is 4.90 Å². The molecule has 0 spiro atoms. The molecule has 1 aromatic carbocycles. The second-order valence-corrected chi connectivity index (χ2v) is 4.96. The van der Waals surface area contributed by atoms with Gasteiger partial charge in [0.15, 0.2) is 0 Å². The van der Waals surface area contributed by atoms with Crippen molar-refractivity contribution in [2.24, 2.45) is 7.05 Å². The Bertz CT molecular complexity index is 575. The second-order valence-electron chi connectivity index (χ2n) is 3.28. The molecule has 0 saturated heterocycles. The van der Waals surface area contributed by atoms with Crippen molar-refractivity contribution in [3.63, 3.8) is 0 Å². The molecule has 0 fully saturated rings. The third kappa shape index (κ3) is 2.06. The number of nitrogens with one attached hydrogen (secondary N) is 1. The van der Waals surface area contributed by atoms with Crippen molar-refractivity contribution in [2.75, 3.05) is 4.72 Å². The summed E-state index contributed by atoms with van der Waals surface area (Å²) in [6.45, 7) is 0. The van der Waals surface area contributed by atoms with Crippen LogP contribution in [0.1, 0.15) is 0 Å². The maximum atomic E-state index is 11.9. The van der Waals surface area contributed by atoms with Crippen molar-refractivity contribution in [1.82, 2.24) is 9.55 Å². The van der Waals surface area contributed by atoms with Gasteiger partial charge >= 0.3 is 0 Å². The number of imidazole rings is 1. The lowest BCUT2D eigenvalue weighted by atomic mass is 10.4. The van der Waals surface area contributed by atoms with Gasteiger partial charge in [0.1, 0.15) is 0 Å². The van der Waals surface area contributed by atoms with Crippen molar-refractivity contribution in [1.29, 1.82) is 0 Å². The number of sulfonamides is 1. The minimum absolute atomic E-state index is 0.220. The van der Waals surface area contributed by atoms with Gasteiger partial charge in [-0.05, 0) is 12.1 Å². The lowest BCUT2D eigenvalue weighted by Gasteiger charge is -2.06. The molecule has 1 aromatic heterocycles. The van der Waals surface area contributed by atoms with E-state index in [2.05, 4.69) is 9.71 Å². The van der Waals surface area contributed by atoms with Crippen LogP contribution in [0.2, 0.25) is 0 Å². The second kappa shape index (κ2) is 3.97. The largest absolute Gasteiger partial charge is 0.320 e. The summed E-state index contributed by atoms with van der Waals surface area (Å²) in [7, 11) is -1.82. The van der Waals surface area contributed by atoms with E-state index in [4.69, 9.17) is 0 Å². The van der Waals surface area contributed by atoms with E-state index in [1.807, 2.05) is 0 Å². The zero-order valence-electron chi connectivity index (χ0n) is 8.66. The monoisotopic (exact) mass is 237 g/mol. The fourth-order valence-corrected chi connectivity index (χ4v) is 2.31. The highest BCUT2D eigenvalue weighted by atomic mass is 32.2. The van der Waals surface area contributed by atoms with E-state index in [0.717, 1.165) is 0 Å². The van der Waals surface area contributed by atoms with Crippen LogP contribution in [0.4, 0.5) is 5.95 Å². The molecule has 84 valence electrons. The number of hydrogen-bond acceptors (Lipinski definition) is 3. The number of anilines is 1. The van der Waals surface area contributed by atoms with Gasteiger partial charge in [-0.25, -0.2) is 18.1 Å². The van der Waals surface area contributed by atoms with E-state index in [-0.39, 0.29) is 4.90 Å². The summed E-state index contributed by atoms with van der Waals surface area (Å²) in [5.74, 6) is 0.295. The molecule has 0 aliphatic rings. The molecule has 16 heavy (non-hydrogen) atoms. The number of hydrogen-bond donors (Lipinski definition) is 1. The molecule has 0 aliphatic heterocycles. The molecular weight excluding hydrogens is 226 g/mol. The molecule has 5 nitrogen and oxygen atoms in total. The zero-order chi connectivity index (χ0) is 11.6. The maximum Gasteiger partial charge on any atom is 0.264 e. The van der Waals surface area contributed by atoms with Crippen molar-refractivity contribution in [2.45, 2.75) is 4.90 Å². The summed E-state index contributed by atoms with van der Waals surface area (Å²) in [5.41, 5.74) is 0. The van der Waals surface area contributed by atoms with E-state index < -0.39 is 10.0 Å². The van der Waals surface area contributed by atoms with Gasteiger partial charge in [0.25, 0.3) is 10.0 Å². The van der Waals surface area contributed by atoms with Crippen molar-refractivity contribution in [3.8, 4) is 0 Å². The number of aryl methyl sites for hydroxylation is 1. The molecule has 2 rings (SSSR count). The lowest BCUT2D eigenvalue weighted by molar-refractivity contribution is 0.600. The van der Waals surface area contributed by atoms with Gasteiger partial charge in [0, 0.05) is 19.4 Å². The quantitative estimate of drug-likeness (QED) is 0.873. The average molecular weight is 237 g/mol. The molecule has 6 heteroatoms. The van der Waals surface area contributed by atoms with Crippen molar-refractivity contribution < 1.29 is 8.42 Å². The molecular formula is C10H11N3O2S. The highest BCUT2D eigenvalue weighted by Gasteiger charge is 2.15. The Kier molecular flexibility index (Phi) is 2.66. The van der Waals surface area contributed by atoms with Crippen LogP contribution in [0.15, 0.2) is 47.6 Å². The standard InChI is InChI=1S/C10H11N3O2S/c1-13-8-7-11-10(13)12-16(14,15)9-5-3-2-4-6-9/h2-8H,1H3,(H,11,12). The van der Waals surface area contributed by atoms with Crippen LogP contribution < -0.4 is 4.72 Å². The van der Waals surface area contributed by atoms with Crippen LogP contribution in [-0.2, 0) is 17.1 Å². The first-order valence-electron chi connectivity index (χ1n) is 4.65. The van der Waals surface area contributed by atoms with E-state index in [1.165, 1.54) is 18.3 Å². The van der Waals surface area contributed by atoms with E-state index in [0.29, 0.717) is 5.95 Å². The minimum atomic E-state index is -3.54. The Balaban J connectivity index is 2.32. The Morgan fingerprint density at radius 3 is 2.50 bits per heavy atom. The SMILES string of the molecule is Cn1ccnc1NS(=O)(=O)c1ccccc1. The van der Waals surface area contributed by atoms with Crippen LogP contribution in [0.5, 0.6) is 0 Å². The highest BCUT2D eigenvalue weighted by molar-refractivity contribution is 7.92. The van der Waals surface area contributed by atoms with Crippen LogP contribution in [0.25, 0.3) is 0 Å². The van der Waals surface area contributed by atoms with E-state index >= 15 is 0 Å². The normalized spacial score (nSPS) is 11.3. The van der Waals surface area contributed by atoms with Crippen molar-refractivity contribution in [3.05, 3.63) is 42.7 Å². The average Bonchev–Trinajstić information content (AvgIpc) is 2.65. The first-order valence-corrected chi connectivity index (χ1v) is 6.13. The number of nitrogens with zero attached hydrogens (tertiary/aromatic N) is 2. The lowest BCUT2D eigenvalue weighted by Crippen LogP contribution is -2.15. The third-order valence-corrected chi connectivity index (χ3v) is 3.44. The number of rotatable bonds is 3. The molecule has 0 radical (unpaired) electrons. The highest BCUT2D eigenvalue weighted by Crippen LogP contribution is 2.12. The van der Waals surface area contributed by atoms with Crippen LogP contribution in [0, 0.1) is 0 Å². The summed E-state index contributed by atoms with van der Waals surface area (Å²) < 4.78 is 27.8. The third-order valence-electron chi connectivity index (χ3n) is 2.10. The molecule has 1 N–H and O–H groups in total. The smallest absolute Gasteiger partial charge is 0.264 e. The molecule has 1 heterocycles. The summed E-state index contributed by atoms with van der Waals surface area (Å²) in [6, 6.07) is 8.18. The zero-order valence-corrected chi connectivity index (χ0v) is 9.48. The Hall–Kier alpha value is -1.82. The van der Waals surface area contributed by atoms with Crippen LogP contribution in [-0.4, -0.2) is 18.0 Å². The first kappa shape index (κ1) is 10.7. The minimum Gasteiger partial charge on any atom is -0.320 e. The van der Waals surface area contributed by atoms with E-state index in [9.17, 15) is 8.42 Å². The van der Waals surface area contributed by atoms with Crippen LogP contribution >= 0.6 is 0 Å².